The minimum absolute atomic E-state index is 0.0295. The van der Waals surface area contributed by atoms with Crippen LogP contribution in [-0.4, -0.2) is 6.61 Å². The monoisotopic (exact) mass is 161 g/mol. The van der Waals surface area contributed by atoms with Gasteiger partial charge in [0.2, 0.25) is 0 Å². The van der Waals surface area contributed by atoms with E-state index < -0.39 is 0 Å². The van der Waals surface area contributed by atoms with Crippen LogP contribution in [0.4, 0.5) is 0 Å². The van der Waals surface area contributed by atoms with E-state index >= 15 is 0 Å². The molecule has 0 amide bonds. The molecule has 0 aliphatic rings. The molecule has 0 aromatic rings. The molecule has 0 aliphatic carbocycles. The Hall–Kier alpha value is 0.0600. The van der Waals surface area contributed by atoms with Crippen LogP contribution in [0.5, 0.6) is 0 Å². The number of rotatable bonds is 7. The molecule has 0 saturated carbocycles. The highest BCUT2D eigenvalue weighted by molar-refractivity contribution is 7.26. The molecule has 3 heteroatoms. The fraction of sp³-hybridized carbons (Fsp3) is 0.857. The van der Waals surface area contributed by atoms with E-state index in [0.717, 1.165) is 6.42 Å². The predicted octanol–water partition coefficient (Wildman–Crippen LogP) is 2.99. The highest BCUT2D eigenvalue weighted by atomic mass is 31.1. The Morgan fingerprint density at radius 1 is 1.40 bits per heavy atom. The number of hydrogen-bond acceptors (Lipinski definition) is 2. The lowest BCUT2D eigenvalue weighted by Gasteiger charge is -1.97. The molecule has 0 N–H and O–H groups in total. The zero-order valence-corrected chi connectivity index (χ0v) is 7.27. The van der Waals surface area contributed by atoms with Crippen LogP contribution < -0.4 is 0 Å². The van der Waals surface area contributed by atoms with Crippen LogP contribution in [0.15, 0.2) is 0 Å². The molecular weight excluding hydrogens is 147 g/mol. The molecule has 0 aromatic carbocycles. The molecule has 0 saturated heterocycles. The molecule has 10 heavy (non-hydrogen) atoms. The summed E-state index contributed by atoms with van der Waals surface area (Å²) in [6.45, 7) is 2.87. The zero-order chi connectivity index (χ0) is 7.66. The Labute approximate surface area is 64.2 Å². The van der Waals surface area contributed by atoms with E-state index in [1.165, 1.54) is 25.6 Å². The van der Waals surface area contributed by atoms with Gasteiger partial charge in [-0.3, -0.25) is 4.57 Å². The largest absolute Gasteiger partial charge is 0.362 e. The quantitative estimate of drug-likeness (QED) is 0.423. The molecular formula is C7H14O2P. The van der Waals surface area contributed by atoms with Crippen molar-refractivity contribution in [3.05, 3.63) is 6.35 Å². The number of hydrogen-bond donors (Lipinski definition) is 0. The van der Waals surface area contributed by atoms with Gasteiger partial charge in [0.05, 0.1) is 0 Å². The van der Waals surface area contributed by atoms with Crippen LogP contribution in [0.25, 0.3) is 0 Å². The molecule has 0 atom stereocenters. The van der Waals surface area contributed by atoms with Gasteiger partial charge in [0.1, 0.15) is 0 Å². The molecule has 0 unspecified atom stereocenters. The van der Waals surface area contributed by atoms with Crippen molar-refractivity contribution in [2.45, 2.75) is 32.6 Å². The molecule has 59 valence electrons. The highest BCUT2D eigenvalue weighted by Gasteiger charge is 1.88. The van der Waals surface area contributed by atoms with Gasteiger partial charge in [-0.2, -0.15) is 0 Å². The van der Waals surface area contributed by atoms with Gasteiger partial charge in [0.25, 0.3) is 0 Å². The minimum atomic E-state index is -0.0295. The third-order valence-electron chi connectivity index (χ3n) is 1.23. The van der Waals surface area contributed by atoms with Crippen molar-refractivity contribution < 1.29 is 9.30 Å². The van der Waals surface area contributed by atoms with Gasteiger partial charge in [0.15, 0.2) is 14.8 Å². The van der Waals surface area contributed by atoms with Crippen molar-refractivity contribution in [3.8, 4) is 0 Å². The van der Waals surface area contributed by atoms with E-state index in [0.29, 0.717) is 6.61 Å². The SMILES string of the molecule is CCCCCCO[CH]P=O. The Morgan fingerprint density at radius 3 is 2.80 bits per heavy atom. The summed E-state index contributed by atoms with van der Waals surface area (Å²) in [5, 5.41) is 0. The maximum atomic E-state index is 9.81. The summed E-state index contributed by atoms with van der Waals surface area (Å²) in [6, 6.07) is 0. The van der Waals surface area contributed by atoms with Crippen molar-refractivity contribution in [1.29, 1.82) is 0 Å². The summed E-state index contributed by atoms with van der Waals surface area (Å²) in [5.41, 5.74) is 0. The van der Waals surface area contributed by atoms with E-state index in [2.05, 4.69) is 6.92 Å². The molecule has 0 spiro atoms. The molecule has 0 bridgehead atoms. The van der Waals surface area contributed by atoms with Crippen LogP contribution in [0, 0.1) is 6.35 Å². The molecule has 0 heterocycles. The summed E-state index contributed by atoms with van der Waals surface area (Å²) < 4.78 is 14.7. The van der Waals surface area contributed by atoms with E-state index in [4.69, 9.17) is 4.74 Å². The van der Waals surface area contributed by atoms with E-state index in [1.54, 1.807) is 0 Å². The summed E-state index contributed by atoms with van der Waals surface area (Å²) >= 11 is 0. The van der Waals surface area contributed by atoms with E-state index in [9.17, 15) is 4.57 Å². The Morgan fingerprint density at radius 2 is 2.20 bits per heavy atom. The van der Waals surface area contributed by atoms with Crippen LogP contribution in [0.2, 0.25) is 0 Å². The summed E-state index contributed by atoms with van der Waals surface area (Å²) in [5.74, 6) is 0. The summed E-state index contributed by atoms with van der Waals surface area (Å²) in [6.07, 6.45) is 6.08. The molecule has 0 rings (SSSR count). The smallest absolute Gasteiger partial charge is 0.191 e. The van der Waals surface area contributed by atoms with Crippen molar-refractivity contribution in [1.82, 2.24) is 0 Å². The minimum Gasteiger partial charge on any atom is -0.362 e. The van der Waals surface area contributed by atoms with Crippen molar-refractivity contribution in [2.24, 2.45) is 0 Å². The van der Waals surface area contributed by atoms with E-state index in [-0.39, 0.29) is 8.46 Å². The third kappa shape index (κ3) is 8.06. The predicted molar refractivity (Wildman–Crippen MR) is 42.0 cm³/mol. The highest BCUT2D eigenvalue weighted by Crippen LogP contribution is 2.03. The Balaban J connectivity index is 2.70. The molecule has 2 nitrogen and oxygen atoms in total. The first-order valence-corrected chi connectivity index (χ1v) is 4.55. The maximum Gasteiger partial charge on any atom is 0.191 e. The fourth-order valence-electron chi connectivity index (χ4n) is 0.695. The number of unbranched alkanes of at least 4 members (excludes halogenated alkanes) is 3. The lowest BCUT2D eigenvalue weighted by molar-refractivity contribution is 0.220. The molecule has 1 radical (unpaired) electrons. The summed E-state index contributed by atoms with van der Waals surface area (Å²) in [7, 11) is -0.0295. The van der Waals surface area contributed by atoms with E-state index in [1.807, 2.05) is 0 Å². The normalized spacial score (nSPS) is 10.5. The standard InChI is InChI=1S/C7H14O2P/c1-2-3-4-5-6-9-7-10-8/h7H,2-6H2,1H3. The first kappa shape index (κ1) is 10.1. The fourth-order valence-corrected chi connectivity index (χ4v) is 0.862. The van der Waals surface area contributed by atoms with Gasteiger partial charge < -0.3 is 4.74 Å². The third-order valence-corrected chi connectivity index (χ3v) is 1.47. The second kappa shape index (κ2) is 9.06. The van der Waals surface area contributed by atoms with Crippen LogP contribution in [0.3, 0.4) is 0 Å². The topological polar surface area (TPSA) is 26.3 Å². The number of ether oxygens (including phenoxy) is 1. The van der Waals surface area contributed by atoms with Crippen LogP contribution in [-0.2, 0) is 9.30 Å². The zero-order valence-electron chi connectivity index (χ0n) is 6.38. The van der Waals surface area contributed by atoms with Crippen molar-refractivity contribution in [3.63, 3.8) is 0 Å². The second-order valence-corrected chi connectivity index (χ2v) is 2.56. The van der Waals surface area contributed by atoms with Crippen LogP contribution in [0.1, 0.15) is 32.6 Å². The van der Waals surface area contributed by atoms with Gasteiger partial charge in [0, 0.05) is 6.61 Å². The first-order valence-electron chi connectivity index (χ1n) is 3.67. The first-order chi connectivity index (χ1) is 4.91. The average Bonchev–Trinajstić information content (AvgIpc) is 1.97. The van der Waals surface area contributed by atoms with Gasteiger partial charge in [-0.25, -0.2) is 0 Å². The molecule has 0 fully saturated rings. The van der Waals surface area contributed by atoms with Crippen molar-refractivity contribution in [2.75, 3.05) is 6.61 Å². The molecule has 0 aromatic heterocycles. The lowest BCUT2D eigenvalue weighted by atomic mass is 10.2. The van der Waals surface area contributed by atoms with Gasteiger partial charge in [-0.15, -0.1) is 0 Å². The summed E-state index contributed by atoms with van der Waals surface area (Å²) in [4.78, 5) is 0. The van der Waals surface area contributed by atoms with Crippen LogP contribution >= 0.6 is 8.46 Å². The Kier molecular flexibility index (Phi) is 9.11. The average molecular weight is 161 g/mol. The lowest BCUT2D eigenvalue weighted by Crippen LogP contribution is -1.87. The van der Waals surface area contributed by atoms with Gasteiger partial charge >= 0.3 is 0 Å². The second-order valence-electron chi connectivity index (χ2n) is 2.14. The van der Waals surface area contributed by atoms with Gasteiger partial charge in [-0.05, 0) is 6.42 Å². The Bertz CT molecular complexity index is 76.0. The van der Waals surface area contributed by atoms with Gasteiger partial charge in [-0.1, -0.05) is 26.2 Å². The molecule has 0 aliphatic heterocycles. The van der Waals surface area contributed by atoms with Crippen molar-refractivity contribution >= 4 is 8.46 Å². The maximum absolute atomic E-state index is 9.81.